The monoisotopic (exact) mass is 252 g/mol. The molecular weight excluding hydrogens is 239 g/mol. The Kier molecular flexibility index (Phi) is 23.3. The first-order valence-electron chi connectivity index (χ1n) is 2.70. The Morgan fingerprint density at radius 3 is 1.86 bits per heavy atom. The number of hydrogen-bond acceptors (Lipinski definition) is 3. The molecule has 3 N–H and O–H groups in total. The van der Waals surface area contributed by atoms with Crippen LogP contribution in [0, 0.1) is 14.0 Å². The molecule has 0 saturated heterocycles. The number of phosphoric acid groups is 1. The van der Waals surface area contributed by atoms with E-state index >= 15 is 0 Å². The molecule has 0 atom stereocenters. The van der Waals surface area contributed by atoms with Crippen molar-refractivity contribution in [2.45, 2.75) is 6.92 Å². The molecule has 0 aliphatic rings. The third-order valence-electron chi connectivity index (χ3n) is 0.401. The van der Waals surface area contributed by atoms with E-state index in [1.54, 1.807) is 6.92 Å². The first kappa shape index (κ1) is 24.0. The van der Waals surface area contributed by atoms with Gasteiger partial charge in [-0.1, -0.05) is 6.58 Å². The van der Waals surface area contributed by atoms with Crippen LogP contribution in [0.4, 0.5) is 0 Å². The van der Waals surface area contributed by atoms with Crippen molar-refractivity contribution in [1.82, 2.24) is 0 Å². The van der Waals surface area contributed by atoms with Crippen molar-refractivity contribution in [2.24, 2.45) is 0 Å². The van der Waals surface area contributed by atoms with Crippen LogP contribution in [0.15, 0.2) is 12.7 Å². The fraction of sp³-hybridized carbons (Fsp3) is 0.167. The van der Waals surface area contributed by atoms with Gasteiger partial charge in [0.1, 0.15) is 0 Å². The number of esters is 1. The Labute approximate surface area is 113 Å². The van der Waals surface area contributed by atoms with E-state index in [9.17, 15) is 4.79 Å². The van der Waals surface area contributed by atoms with Crippen molar-refractivity contribution in [2.75, 3.05) is 0 Å². The maximum atomic E-state index is 10.0. The summed E-state index contributed by atoms with van der Waals surface area (Å²) in [7, 11) is -4.64. The number of ether oxygens (including phenoxy) is 1. The minimum absolute atomic E-state index is 0. The van der Waals surface area contributed by atoms with E-state index < -0.39 is 13.8 Å². The number of hydrogen-bond donors (Lipinski definition) is 3. The second kappa shape index (κ2) is 13.6. The van der Waals surface area contributed by atoms with Crippen LogP contribution in [-0.4, -0.2) is 58.4 Å². The van der Waals surface area contributed by atoms with Crippen molar-refractivity contribution in [3.63, 3.8) is 0 Å². The van der Waals surface area contributed by atoms with Crippen LogP contribution >= 0.6 is 7.82 Å². The summed E-state index contributed by atoms with van der Waals surface area (Å²) in [6.45, 7) is 6.12. The van der Waals surface area contributed by atoms with Gasteiger partial charge in [-0.05, 0) is 0 Å². The van der Waals surface area contributed by atoms with Crippen LogP contribution in [-0.2, 0) is 14.1 Å². The van der Waals surface area contributed by atoms with Gasteiger partial charge in [-0.3, -0.25) is 0 Å². The van der Waals surface area contributed by atoms with Crippen LogP contribution in [0.25, 0.3) is 0 Å². The van der Waals surface area contributed by atoms with E-state index in [-0.39, 0.29) is 45.2 Å². The molecule has 8 heteroatoms. The molecule has 14 heavy (non-hydrogen) atoms. The third kappa shape index (κ3) is 54.2. The fourth-order valence-electron chi connectivity index (χ4n) is 0.164. The van der Waals surface area contributed by atoms with Crippen LogP contribution in [0.5, 0.6) is 0 Å². The van der Waals surface area contributed by atoms with Crippen LogP contribution in [0.3, 0.4) is 0 Å². The standard InChI is InChI=1S/C5H7O2.CH3.Ca.H3O4P/c1-3-5(6)7-4-2;;;1-5(2,3)4/h3-4H,1H2,2H3;1H3;;(H3,1,2,3,4)/q2*-1;+2;. The summed E-state index contributed by atoms with van der Waals surface area (Å²) in [6.07, 6.45) is 1.11. The summed E-state index contributed by atoms with van der Waals surface area (Å²) in [5, 5.41) is 0. The van der Waals surface area contributed by atoms with E-state index in [1.165, 1.54) is 6.61 Å². The Balaban J connectivity index is -0.0000000651. The predicted molar refractivity (Wildman–Crippen MR) is 52.7 cm³/mol. The van der Waals surface area contributed by atoms with Gasteiger partial charge in [0.15, 0.2) is 0 Å². The molecular formula is C6H13CaO6P. The topological polar surface area (TPSA) is 104 Å². The minimum Gasteiger partial charge on any atom is -0.634 e. The Morgan fingerprint density at radius 2 is 1.79 bits per heavy atom. The van der Waals surface area contributed by atoms with Crippen molar-refractivity contribution in [3.8, 4) is 0 Å². The van der Waals surface area contributed by atoms with Gasteiger partial charge < -0.3 is 26.8 Å². The SMILES string of the molecule is C=CC(=O)O[CH-]C.O=P(O)(O)O.[CH3-].[Ca+2]. The van der Waals surface area contributed by atoms with Gasteiger partial charge in [-0.25, -0.2) is 9.36 Å². The number of rotatable bonds is 2. The van der Waals surface area contributed by atoms with Crippen molar-refractivity contribution in [1.29, 1.82) is 0 Å². The maximum absolute atomic E-state index is 10.0. The Bertz CT molecular complexity index is 180. The summed E-state index contributed by atoms with van der Waals surface area (Å²) in [6, 6.07) is 0. The van der Waals surface area contributed by atoms with Gasteiger partial charge in [0.2, 0.25) is 0 Å². The Morgan fingerprint density at radius 1 is 1.50 bits per heavy atom. The molecule has 0 heterocycles. The zero-order valence-corrected chi connectivity index (χ0v) is 11.2. The number of carbonyl (C=O) groups is 1. The van der Waals surface area contributed by atoms with Crippen LogP contribution < -0.4 is 0 Å². The molecule has 0 aliphatic carbocycles. The molecule has 0 fully saturated rings. The normalized spacial score (nSPS) is 8.00. The predicted octanol–water partition coefficient (Wildman–Crippen LogP) is 0.0382. The van der Waals surface area contributed by atoms with Crippen molar-refractivity contribution >= 4 is 51.5 Å². The van der Waals surface area contributed by atoms with E-state index in [2.05, 4.69) is 11.3 Å². The van der Waals surface area contributed by atoms with Gasteiger partial charge in [-0.2, -0.15) is 13.5 Å². The van der Waals surface area contributed by atoms with Gasteiger partial charge in [0, 0.05) is 6.08 Å². The van der Waals surface area contributed by atoms with E-state index in [4.69, 9.17) is 19.2 Å². The van der Waals surface area contributed by atoms with E-state index in [1.807, 2.05) is 0 Å². The molecule has 0 spiro atoms. The van der Waals surface area contributed by atoms with Crippen molar-refractivity contribution < 1.29 is 28.8 Å². The largest absolute Gasteiger partial charge is 2.00 e. The smallest absolute Gasteiger partial charge is 0.634 e. The average molecular weight is 252 g/mol. The molecule has 0 radical (unpaired) electrons. The zero-order chi connectivity index (χ0) is 10.2. The zero-order valence-electron chi connectivity index (χ0n) is 8.08. The first-order valence-corrected chi connectivity index (χ1v) is 4.27. The summed E-state index contributed by atoms with van der Waals surface area (Å²) in [5.74, 6) is -0.414. The summed E-state index contributed by atoms with van der Waals surface area (Å²) >= 11 is 0. The molecule has 0 rings (SSSR count). The second-order valence-electron chi connectivity index (χ2n) is 1.39. The first-order chi connectivity index (χ1) is 5.31. The van der Waals surface area contributed by atoms with Gasteiger partial charge in [0.05, 0.1) is 0 Å². The average Bonchev–Trinajstić information content (AvgIpc) is 1.85. The summed E-state index contributed by atoms with van der Waals surface area (Å²) < 4.78 is 13.2. The molecule has 0 unspecified atom stereocenters. The molecule has 80 valence electrons. The van der Waals surface area contributed by atoms with Gasteiger partial charge in [-0.15, -0.1) is 0 Å². The summed E-state index contributed by atoms with van der Waals surface area (Å²) in [4.78, 5) is 31.6. The minimum atomic E-state index is -4.64. The summed E-state index contributed by atoms with van der Waals surface area (Å²) in [5.41, 5.74) is 0. The van der Waals surface area contributed by atoms with Gasteiger partial charge >= 0.3 is 45.6 Å². The molecule has 0 aromatic carbocycles. The molecule has 0 aromatic rings. The van der Waals surface area contributed by atoms with E-state index in [0.717, 1.165) is 6.08 Å². The van der Waals surface area contributed by atoms with Crippen molar-refractivity contribution in [3.05, 3.63) is 26.7 Å². The Hall–Kier alpha value is 0.580. The maximum Gasteiger partial charge on any atom is 2.00 e. The van der Waals surface area contributed by atoms with Gasteiger partial charge in [0.25, 0.3) is 5.97 Å². The quantitative estimate of drug-likeness (QED) is 0.211. The van der Waals surface area contributed by atoms with Crippen LogP contribution in [0.1, 0.15) is 6.92 Å². The second-order valence-corrected chi connectivity index (χ2v) is 2.42. The molecule has 0 aromatic heterocycles. The van der Waals surface area contributed by atoms with E-state index in [0.29, 0.717) is 0 Å². The molecule has 0 aliphatic heterocycles. The number of carbonyl (C=O) groups excluding carboxylic acids is 1. The van der Waals surface area contributed by atoms with Crippen LogP contribution in [0.2, 0.25) is 0 Å². The third-order valence-corrected chi connectivity index (χ3v) is 0.401. The molecule has 0 saturated carbocycles. The molecule has 0 bridgehead atoms. The fourth-order valence-corrected chi connectivity index (χ4v) is 0.164. The molecule has 0 amide bonds. The molecule has 6 nitrogen and oxygen atoms in total.